The molecule has 0 heterocycles. The molecule has 0 aromatic carbocycles. The maximum atomic E-state index is 12.2. The summed E-state index contributed by atoms with van der Waals surface area (Å²) in [5.74, 6) is 0.00142. The van der Waals surface area contributed by atoms with E-state index in [1.807, 2.05) is 19.0 Å². The van der Waals surface area contributed by atoms with E-state index in [2.05, 4.69) is 5.32 Å². The molecule has 1 rings (SSSR count). The minimum atomic E-state index is -0.909. The number of nitrogens with one attached hydrogen (secondary N) is 1. The van der Waals surface area contributed by atoms with E-state index >= 15 is 0 Å². The zero-order valence-electron chi connectivity index (χ0n) is 11.8. The largest absolute Gasteiger partial charge is 0.387 e. The van der Waals surface area contributed by atoms with Crippen molar-refractivity contribution in [2.75, 3.05) is 33.7 Å². The lowest BCUT2D eigenvalue weighted by molar-refractivity contribution is -0.131. The van der Waals surface area contributed by atoms with E-state index in [1.54, 1.807) is 6.92 Å². The first-order valence-electron chi connectivity index (χ1n) is 6.67. The summed E-state index contributed by atoms with van der Waals surface area (Å²) >= 11 is 0. The number of nitrogens with two attached hydrogens (primary N) is 1. The standard InChI is InChI=1S/C13H27N3O2/c1-12(18,10-16(2)3)9-15-11(17)13(8-14)6-4-5-7-13/h18H,4-10,14H2,1-3H3,(H,15,17). The highest BCUT2D eigenvalue weighted by Gasteiger charge is 2.40. The first kappa shape index (κ1) is 15.4. The Labute approximate surface area is 110 Å². The molecule has 106 valence electrons. The van der Waals surface area contributed by atoms with Crippen LogP contribution in [0.3, 0.4) is 0 Å². The second kappa shape index (κ2) is 5.99. The van der Waals surface area contributed by atoms with Crippen molar-refractivity contribution < 1.29 is 9.90 Å². The Morgan fingerprint density at radius 3 is 2.44 bits per heavy atom. The fraction of sp³-hybridized carbons (Fsp3) is 0.923. The second-order valence-electron chi connectivity index (χ2n) is 6.11. The molecule has 5 nitrogen and oxygen atoms in total. The van der Waals surface area contributed by atoms with Crippen LogP contribution >= 0.6 is 0 Å². The third-order valence-corrected chi connectivity index (χ3v) is 3.72. The van der Waals surface area contributed by atoms with Gasteiger partial charge in [0, 0.05) is 19.6 Å². The Bertz CT molecular complexity index is 284. The van der Waals surface area contributed by atoms with Gasteiger partial charge in [-0.2, -0.15) is 0 Å². The number of hydrogen-bond donors (Lipinski definition) is 3. The molecule has 0 aromatic rings. The number of nitrogens with zero attached hydrogens (tertiary/aromatic N) is 1. The van der Waals surface area contributed by atoms with Gasteiger partial charge in [-0.1, -0.05) is 12.8 Å². The van der Waals surface area contributed by atoms with Crippen LogP contribution in [0.15, 0.2) is 0 Å². The highest BCUT2D eigenvalue weighted by Crippen LogP contribution is 2.37. The number of amides is 1. The fourth-order valence-electron chi connectivity index (χ4n) is 2.77. The van der Waals surface area contributed by atoms with Crippen LogP contribution in [0.5, 0.6) is 0 Å². The quantitative estimate of drug-likeness (QED) is 0.622. The summed E-state index contributed by atoms with van der Waals surface area (Å²) < 4.78 is 0. The Balaban J connectivity index is 2.50. The Morgan fingerprint density at radius 2 is 2.00 bits per heavy atom. The molecule has 1 atom stereocenters. The van der Waals surface area contributed by atoms with Crippen LogP contribution in [-0.2, 0) is 4.79 Å². The molecule has 0 radical (unpaired) electrons. The first-order chi connectivity index (χ1) is 8.31. The van der Waals surface area contributed by atoms with Gasteiger partial charge in [0.2, 0.25) is 5.91 Å². The van der Waals surface area contributed by atoms with Crippen molar-refractivity contribution in [3.05, 3.63) is 0 Å². The van der Waals surface area contributed by atoms with Gasteiger partial charge in [-0.25, -0.2) is 0 Å². The molecule has 18 heavy (non-hydrogen) atoms. The van der Waals surface area contributed by atoms with Crippen molar-refractivity contribution in [3.8, 4) is 0 Å². The van der Waals surface area contributed by atoms with E-state index in [1.165, 1.54) is 0 Å². The zero-order valence-corrected chi connectivity index (χ0v) is 11.8. The monoisotopic (exact) mass is 257 g/mol. The lowest BCUT2D eigenvalue weighted by atomic mass is 9.85. The number of carbonyl (C=O) groups excluding carboxylic acids is 1. The third kappa shape index (κ3) is 3.93. The fourth-order valence-corrected chi connectivity index (χ4v) is 2.77. The van der Waals surface area contributed by atoms with Crippen molar-refractivity contribution in [2.45, 2.75) is 38.2 Å². The van der Waals surface area contributed by atoms with Crippen molar-refractivity contribution in [1.82, 2.24) is 10.2 Å². The highest BCUT2D eigenvalue weighted by molar-refractivity contribution is 5.83. The van der Waals surface area contributed by atoms with E-state index < -0.39 is 11.0 Å². The molecule has 0 bridgehead atoms. The molecule has 0 aliphatic heterocycles. The molecule has 1 aliphatic rings. The number of hydrogen-bond acceptors (Lipinski definition) is 4. The smallest absolute Gasteiger partial charge is 0.227 e. The van der Waals surface area contributed by atoms with Gasteiger partial charge in [0.25, 0.3) is 0 Å². The van der Waals surface area contributed by atoms with Gasteiger partial charge < -0.3 is 21.1 Å². The van der Waals surface area contributed by atoms with Crippen LogP contribution < -0.4 is 11.1 Å². The maximum Gasteiger partial charge on any atom is 0.227 e. The Hall–Kier alpha value is -0.650. The molecule has 1 unspecified atom stereocenters. The molecule has 1 saturated carbocycles. The molecule has 0 spiro atoms. The molecule has 0 saturated heterocycles. The molecule has 4 N–H and O–H groups in total. The van der Waals surface area contributed by atoms with Gasteiger partial charge >= 0.3 is 0 Å². The van der Waals surface area contributed by atoms with E-state index in [0.29, 0.717) is 13.1 Å². The van der Waals surface area contributed by atoms with E-state index in [-0.39, 0.29) is 12.5 Å². The van der Waals surface area contributed by atoms with Crippen LogP contribution in [0, 0.1) is 5.41 Å². The summed E-state index contributed by atoms with van der Waals surface area (Å²) in [6.45, 7) is 2.92. The predicted octanol–water partition coefficient (Wildman–Crippen LogP) is -0.0657. The average Bonchev–Trinajstić information content (AvgIpc) is 2.74. The lowest BCUT2D eigenvalue weighted by Crippen LogP contribution is -2.51. The highest BCUT2D eigenvalue weighted by atomic mass is 16.3. The summed E-state index contributed by atoms with van der Waals surface area (Å²) in [6.07, 6.45) is 3.87. The summed E-state index contributed by atoms with van der Waals surface area (Å²) in [6, 6.07) is 0. The topological polar surface area (TPSA) is 78.6 Å². The van der Waals surface area contributed by atoms with Gasteiger partial charge in [0.15, 0.2) is 0 Å². The van der Waals surface area contributed by atoms with Crippen molar-refractivity contribution in [1.29, 1.82) is 0 Å². The number of likely N-dealkylation sites (N-methyl/N-ethyl adjacent to an activating group) is 1. The van der Waals surface area contributed by atoms with Crippen LogP contribution in [-0.4, -0.2) is 55.2 Å². The third-order valence-electron chi connectivity index (χ3n) is 3.72. The van der Waals surface area contributed by atoms with E-state index in [9.17, 15) is 9.90 Å². The number of carbonyl (C=O) groups is 1. The van der Waals surface area contributed by atoms with Crippen LogP contribution in [0.4, 0.5) is 0 Å². The van der Waals surface area contributed by atoms with Gasteiger partial charge in [0.1, 0.15) is 0 Å². The Morgan fingerprint density at radius 1 is 1.44 bits per heavy atom. The summed E-state index contributed by atoms with van der Waals surface area (Å²) in [4.78, 5) is 14.1. The molecule has 0 aromatic heterocycles. The van der Waals surface area contributed by atoms with Gasteiger partial charge in [-0.15, -0.1) is 0 Å². The normalized spacial score (nSPS) is 21.9. The van der Waals surface area contributed by atoms with Crippen molar-refractivity contribution in [2.24, 2.45) is 11.1 Å². The minimum absolute atomic E-state index is 0.00142. The molecular formula is C13H27N3O2. The summed E-state index contributed by atoms with van der Waals surface area (Å²) in [5, 5.41) is 13.0. The zero-order chi connectivity index (χ0) is 13.8. The average molecular weight is 257 g/mol. The van der Waals surface area contributed by atoms with E-state index in [4.69, 9.17) is 5.73 Å². The summed E-state index contributed by atoms with van der Waals surface area (Å²) in [7, 11) is 3.79. The van der Waals surface area contributed by atoms with Crippen LogP contribution in [0.25, 0.3) is 0 Å². The SMILES string of the molecule is CN(C)CC(C)(O)CNC(=O)C1(CN)CCCC1. The van der Waals surface area contributed by atoms with Crippen molar-refractivity contribution >= 4 is 5.91 Å². The molecule has 1 aliphatic carbocycles. The molecule has 5 heteroatoms. The Kier molecular flexibility index (Phi) is 5.13. The lowest BCUT2D eigenvalue weighted by Gasteiger charge is -2.31. The minimum Gasteiger partial charge on any atom is -0.387 e. The first-order valence-corrected chi connectivity index (χ1v) is 6.67. The molecule has 1 fully saturated rings. The number of rotatable bonds is 6. The maximum absolute atomic E-state index is 12.2. The van der Waals surface area contributed by atoms with Gasteiger partial charge in [0.05, 0.1) is 11.0 Å². The molecular weight excluding hydrogens is 230 g/mol. The second-order valence-corrected chi connectivity index (χ2v) is 6.11. The van der Waals surface area contributed by atoms with Gasteiger partial charge in [-0.3, -0.25) is 4.79 Å². The van der Waals surface area contributed by atoms with Crippen molar-refractivity contribution in [3.63, 3.8) is 0 Å². The van der Waals surface area contributed by atoms with Gasteiger partial charge in [-0.05, 0) is 33.9 Å². The van der Waals surface area contributed by atoms with E-state index in [0.717, 1.165) is 25.7 Å². The van der Waals surface area contributed by atoms with Crippen LogP contribution in [0.1, 0.15) is 32.6 Å². The number of aliphatic hydroxyl groups is 1. The predicted molar refractivity (Wildman–Crippen MR) is 72.1 cm³/mol. The van der Waals surface area contributed by atoms with Crippen LogP contribution in [0.2, 0.25) is 0 Å². The summed E-state index contributed by atoms with van der Waals surface area (Å²) in [5.41, 5.74) is 4.45. The molecule has 1 amide bonds.